The molecule has 134 valence electrons. The molecule has 3 rings (SSSR count). The van der Waals surface area contributed by atoms with Crippen molar-refractivity contribution in [3.05, 3.63) is 36.0 Å². The summed E-state index contributed by atoms with van der Waals surface area (Å²) in [5.74, 6) is 0.0642. The number of β-amino-alcohol motifs (C(OH)–C–C–N with tert-alkyl or cyclic N) is 1. The first-order chi connectivity index (χ1) is 11.9. The first-order valence-corrected chi connectivity index (χ1v) is 8.67. The van der Waals surface area contributed by atoms with E-state index in [0.29, 0.717) is 13.1 Å². The van der Waals surface area contributed by atoms with Gasteiger partial charge in [-0.15, -0.1) is 0 Å². The molecule has 1 amide bonds. The van der Waals surface area contributed by atoms with Crippen LogP contribution in [0, 0.1) is 6.92 Å². The van der Waals surface area contributed by atoms with Crippen molar-refractivity contribution in [2.45, 2.75) is 25.5 Å². The standard InChI is InChI=1S/C19H26N4O2/c1-13-10-17(14-6-4-5-7-15(14)20-13)21-16-8-9-23(11-18(16)24)12-19(25)22(2)3/h4-7,10,16,18,24H,8-9,11-12H2,1-3H3,(H,20,21)/t16-,18-/m1/s1. The third-order valence-electron chi connectivity index (χ3n) is 4.71. The number of hydrogen-bond donors (Lipinski definition) is 2. The average molecular weight is 342 g/mol. The van der Waals surface area contributed by atoms with Crippen molar-refractivity contribution < 1.29 is 9.90 Å². The zero-order chi connectivity index (χ0) is 18.0. The van der Waals surface area contributed by atoms with Gasteiger partial charge in [-0.05, 0) is 25.5 Å². The summed E-state index contributed by atoms with van der Waals surface area (Å²) >= 11 is 0. The lowest BCUT2D eigenvalue weighted by Crippen LogP contribution is -2.52. The van der Waals surface area contributed by atoms with E-state index in [1.54, 1.807) is 19.0 Å². The summed E-state index contributed by atoms with van der Waals surface area (Å²) in [5.41, 5.74) is 2.91. The number of carbonyl (C=O) groups is 1. The van der Waals surface area contributed by atoms with Gasteiger partial charge in [-0.1, -0.05) is 18.2 Å². The van der Waals surface area contributed by atoms with E-state index in [0.717, 1.165) is 35.2 Å². The Labute approximate surface area is 148 Å². The summed E-state index contributed by atoms with van der Waals surface area (Å²) in [7, 11) is 3.51. The third kappa shape index (κ3) is 4.08. The minimum atomic E-state index is -0.518. The van der Waals surface area contributed by atoms with Crippen molar-refractivity contribution in [3.8, 4) is 0 Å². The van der Waals surface area contributed by atoms with Crippen molar-refractivity contribution in [3.63, 3.8) is 0 Å². The molecule has 0 radical (unpaired) electrons. The minimum Gasteiger partial charge on any atom is -0.390 e. The van der Waals surface area contributed by atoms with Crippen LogP contribution in [0.2, 0.25) is 0 Å². The van der Waals surface area contributed by atoms with Gasteiger partial charge >= 0.3 is 0 Å². The molecular weight excluding hydrogens is 316 g/mol. The van der Waals surface area contributed by atoms with Gasteiger partial charge in [0.05, 0.1) is 24.2 Å². The average Bonchev–Trinajstić information content (AvgIpc) is 2.57. The van der Waals surface area contributed by atoms with Gasteiger partial charge in [-0.2, -0.15) is 0 Å². The molecule has 6 nitrogen and oxygen atoms in total. The molecule has 2 N–H and O–H groups in total. The number of pyridine rings is 1. The van der Waals surface area contributed by atoms with Crippen LogP contribution in [0.1, 0.15) is 12.1 Å². The molecular formula is C19H26N4O2. The number of aliphatic hydroxyl groups excluding tert-OH is 1. The molecule has 1 fully saturated rings. The topological polar surface area (TPSA) is 68.7 Å². The Hall–Kier alpha value is -2.18. The molecule has 0 unspecified atom stereocenters. The normalized spacial score (nSPS) is 21.3. The first kappa shape index (κ1) is 17.6. The highest BCUT2D eigenvalue weighted by atomic mass is 16.3. The molecule has 25 heavy (non-hydrogen) atoms. The molecule has 1 aliphatic heterocycles. The largest absolute Gasteiger partial charge is 0.390 e. The SMILES string of the molecule is Cc1cc(N[C@@H]2CCN(CC(=O)N(C)C)C[C@H]2O)c2ccccc2n1. The van der Waals surface area contributed by atoms with E-state index in [4.69, 9.17) is 0 Å². The fraction of sp³-hybridized carbons (Fsp3) is 0.474. The number of likely N-dealkylation sites (N-methyl/N-ethyl adjacent to an activating group) is 1. The summed E-state index contributed by atoms with van der Waals surface area (Å²) < 4.78 is 0. The van der Waals surface area contributed by atoms with Crippen molar-refractivity contribution in [1.29, 1.82) is 0 Å². The summed E-state index contributed by atoms with van der Waals surface area (Å²) in [4.78, 5) is 20.0. The second kappa shape index (κ2) is 7.37. The number of aromatic nitrogens is 1. The number of carbonyl (C=O) groups excluding carboxylic acids is 1. The Balaban J connectivity index is 1.70. The lowest BCUT2D eigenvalue weighted by atomic mass is 10.0. The van der Waals surface area contributed by atoms with Gasteiger partial charge in [-0.25, -0.2) is 0 Å². The Morgan fingerprint density at radius 2 is 2.16 bits per heavy atom. The molecule has 1 aromatic heterocycles. The summed E-state index contributed by atoms with van der Waals surface area (Å²) in [6.45, 7) is 3.62. The maximum Gasteiger partial charge on any atom is 0.236 e. The zero-order valence-electron chi connectivity index (χ0n) is 15.1. The second-order valence-electron chi connectivity index (χ2n) is 6.96. The van der Waals surface area contributed by atoms with E-state index in [1.807, 2.05) is 42.2 Å². The van der Waals surface area contributed by atoms with Crippen molar-refractivity contribution >= 4 is 22.5 Å². The number of amides is 1. The molecule has 2 heterocycles. The summed E-state index contributed by atoms with van der Waals surface area (Å²) in [5, 5.41) is 15.1. The quantitative estimate of drug-likeness (QED) is 0.881. The van der Waals surface area contributed by atoms with Crippen LogP contribution in [0.4, 0.5) is 5.69 Å². The Bertz CT molecular complexity index is 762. The Kier molecular flexibility index (Phi) is 5.20. The number of anilines is 1. The van der Waals surface area contributed by atoms with Crippen LogP contribution in [0.25, 0.3) is 10.9 Å². The molecule has 1 aliphatic rings. The number of fused-ring (bicyclic) bond motifs is 1. The van der Waals surface area contributed by atoms with Gasteiger partial charge in [0.1, 0.15) is 0 Å². The van der Waals surface area contributed by atoms with Gasteiger partial charge in [-0.3, -0.25) is 14.7 Å². The lowest BCUT2D eigenvalue weighted by Gasteiger charge is -2.36. The lowest BCUT2D eigenvalue weighted by molar-refractivity contribution is -0.130. The van der Waals surface area contributed by atoms with E-state index in [2.05, 4.69) is 10.3 Å². The number of benzene rings is 1. The van der Waals surface area contributed by atoms with Crippen LogP contribution in [0.3, 0.4) is 0 Å². The highest BCUT2D eigenvalue weighted by molar-refractivity contribution is 5.91. The van der Waals surface area contributed by atoms with Gasteiger partial charge in [0.15, 0.2) is 0 Å². The van der Waals surface area contributed by atoms with Crippen LogP contribution in [0.15, 0.2) is 30.3 Å². The van der Waals surface area contributed by atoms with Crippen molar-refractivity contribution in [2.75, 3.05) is 39.0 Å². The van der Waals surface area contributed by atoms with Gasteiger partial charge in [0.2, 0.25) is 5.91 Å². The monoisotopic (exact) mass is 342 g/mol. The number of aryl methyl sites for hydroxylation is 1. The minimum absolute atomic E-state index is 0.0316. The predicted molar refractivity (Wildman–Crippen MR) is 99.6 cm³/mol. The van der Waals surface area contributed by atoms with E-state index in [1.165, 1.54) is 0 Å². The molecule has 0 bridgehead atoms. The number of nitrogens with one attached hydrogen (secondary N) is 1. The fourth-order valence-corrected chi connectivity index (χ4v) is 3.27. The molecule has 0 saturated carbocycles. The number of rotatable bonds is 4. The van der Waals surface area contributed by atoms with Crippen LogP contribution in [0.5, 0.6) is 0 Å². The highest BCUT2D eigenvalue weighted by Gasteiger charge is 2.29. The maximum absolute atomic E-state index is 11.9. The fourth-order valence-electron chi connectivity index (χ4n) is 3.27. The van der Waals surface area contributed by atoms with Crippen LogP contribution >= 0.6 is 0 Å². The number of para-hydroxylation sites is 1. The predicted octanol–water partition coefficient (Wildman–Crippen LogP) is 1.48. The molecule has 2 atom stereocenters. The summed E-state index contributed by atoms with van der Waals surface area (Å²) in [6.07, 6.45) is 0.272. The smallest absolute Gasteiger partial charge is 0.236 e. The number of aliphatic hydroxyl groups is 1. The molecule has 0 spiro atoms. The Morgan fingerprint density at radius 3 is 2.88 bits per heavy atom. The van der Waals surface area contributed by atoms with E-state index in [9.17, 15) is 9.90 Å². The number of piperidine rings is 1. The zero-order valence-corrected chi connectivity index (χ0v) is 15.1. The van der Waals surface area contributed by atoms with Gasteiger partial charge < -0.3 is 15.3 Å². The van der Waals surface area contributed by atoms with Crippen LogP contribution in [-0.2, 0) is 4.79 Å². The Morgan fingerprint density at radius 1 is 1.40 bits per heavy atom. The molecule has 2 aromatic rings. The van der Waals surface area contributed by atoms with E-state index < -0.39 is 6.10 Å². The molecule has 0 aliphatic carbocycles. The van der Waals surface area contributed by atoms with E-state index in [-0.39, 0.29) is 11.9 Å². The van der Waals surface area contributed by atoms with Crippen LogP contribution < -0.4 is 5.32 Å². The van der Waals surface area contributed by atoms with Crippen LogP contribution in [-0.4, -0.2) is 71.7 Å². The van der Waals surface area contributed by atoms with E-state index >= 15 is 0 Å². The third-order valence-corrected chi connectivity index (χ3v) is 4.71. The molecule has 6 heteroatoms. The molecule has 1 saturated heterocycles. The number of likely N-dealkylation sites (tertiary alicyclic amines) is 1. The van der Waals surface area contributed by atoms with Crippen molar-refractivity contribution in [1.82, 2.24) is 14.8 Å². The van der Waals surface area contributed by atoms with Gasteiger partial charge in [0.25, 0.3) is 0 Å². The molecule has 1 aromatic carbocycles. The highest BCUT2D eigenvalue weighted by Crippen LogP contribution is 2.25. The number of hydrogen-bond acceptors (Lipinski definition) is 5. The summed E-state index contributed by atoms with van der Waals surface area (Å²) in [6, 6.07) is 10.0. The number of nitrogens with zero attached hydrogens (tertiary/aromatic N) is 3. The van der Waals surface area contributed by atoms with Gasteiger partial charge in [0, 0.05) is 44.0 Å². The van der Waals surface area contributed by atoms with Crippen molar-refractivity contribution in [2.24, 2.45) is 0 Å². The first-order valence-electron chi connectivity index (χ1n) is 8.67. The second-order valence-corrected chi connectivity index (χ2v) is 6.96. The maximum atomic E-state index is 11.9.